The van der Waals surface area contributed by atoms with Crippen LogP contribution in [-0.4, -0.2) is 33.2 Å². The van der Waals surface area contributed by atoms with E-state index in [2.05, 4.69) is 18.4 Å². The van der Waals surface area contributed by atoms with Crippen LogP contribution in [0.3, 0.4) is 0 Å². The molecule has 4 aromatic rings. The molecule has 39 heavy (non-hydrogen) atoms. The molecule has 1 aromatic carbocycles. The van der Waals surface area contributed by atoms with Crippen molar-refractivity contribution in [2.75, 3.05) is 7.11 Å². The third kappa shape index (κ3) is 6.51. The number of aryl methyl sites for hydroxylation is 3. The zero-order valence-corrected chi connectivity index (χ0v) is 25.5. The van der Waals surface area contributed by atoms with E-state index in [1.165, 1.54) is 7.11 Å². The first-order valence-corrected chi connectivity index (χ1v) is 13.7. The van der Waals surface area contributed by atoms with E-state index in [1.54, 1.807) is 0 Å². The second-order valence-corrected chi connectivity index (χ2v) is 10.8. The van der Waals surface area contributed by atoms with Crippen LogP contribution >= 0.6 is 11.6 Å². The minimum absolute atomic E-state index is 0.466. The number of pyridine rings is 2. The SMILES string of the molecule is CC.COC(=O)C(OC(C)(C)C)c1c(C)nc2c(c(C)c(C)n2Cc2cccc(C)n2)c1-c1ccc(Cl)cc1. The molecule has 0 saturated heterocycles. The number of fused-ring (bicyclic) bond motifs is 1. The molecule has 6 nitrogen and oxygen atoms in total. The van der Waals surface area contributed by atoms with Gasteiger partial charge >= 0.3 is 5.97 Å². The molecule has 0 spiro atoms. The molecule has 0 bridgehead atoms. The summed E-state index contributed by atoms with van der Waals surface area (Å²) in [6.45, 7) is 18.5. The second kappa shape index (κ2) is 12.3. The molecule has 0 radical (unpaired) electrons. The highest BCUT2D eigenvalue weighted by atomic mass is 35.5. The Balaban J connectivity index is 0.00000205. The number of hydrogen-bond acceptors (Lipinski definition) is 5. The van der Waals surface area contributed by atoms with Crippen molar-refractivity contribution in [1.82, 2.24) is 14.5 Å². The summed E-state index contributed by atoms with van der Waals surface area (Å²) >= 11 is 6.25. The van der Waals surface area contributed by atoms with Crippen LogP contribution in [0.25, 0.3) is 22.2 Å². The standard InChI is InChI=1S/C30H34ClN3O3.C2H6/c1-17-10-9-11-23(32-17)16-34-20(4)18(2)24-26(21-12-14-22(31)15-13-21)25(19(3)33-28(24)34)27(29(35)36-8)37-30(5,6)7;1-2/h9-15,27H,16H2,1-8H3;1-2H3. The lowest BCUT2D eigenvalue weighted by Crippen LogP contribution is -2.29. The molecular formula is C32H40ClN3O3. The Morgan fingerprint density at radius 3 is 2.21 bits per heavy atom. The summed E-state index contributed by atoms with van der Waals surface area (Å²) in [5, 5.41) is 1.61. The van der Waals surface area contributed by atoms with E-state index in [1.807, 2.05) is 90.9 Å². The van der Waals surface area contributed by atoms with Gasteiger partial charge in [-0.1, -0.05) is 43.6 Å². The van der Waals surface area contributed by atoms with Crippen molar-refractivity contribution < 1.29 is 14.3 Å². The van der Waals surface area contributed by atoms with Gasteiger partial charge in [0.1, 0.15) is 5.65 Å². The first kappa shape index (κ1) is 30.3. The number of esters is 1. The Morgan fingerprint density at radius 1 is 1.00 bits per heavy atom. The Morgan fingerprint density at radius 2 is 1.64 bits per heavy atom. The van der Waals surface area contributed by atoms with Gasteiger partial charge < -0.3 is 14.0 Å². The molecule has 4 rings (SSSR count). The number of benzene rings is 1. The smallest absolute Gasteiger partial charge is 0.339 e. The van der Waals surface area contributed by atoms with Gasteiger partial charge in [-0.2, -0.15) is 0 Å². The van der Waals surface area contributed by atoms with Crippen LogP contribution in [0.2, 0.25) is 5.02 Å². The van der Waals surface area contributed by atoms with Crippen molar-refractivity contribution in [3.05, 3.63) is 81.4 Å². The summed E-state index contributed by atoms with van der Waals surface area (Å²) in [7, 11) is 1.38. The van der Waals surface area contributed by atoms with Crippen molar-refractivity contribution in [2.24, 2.45) is 0 Å². The lowest BCUT2D eigenvalue weighted by molar-refractivity contribution is -0.164. The third-order valence-corrected chi connectivity index (χ3v) is 6.78. The molecule has 0 N–H and O–H groups in total. The quantitative estimate of drug-likeness (QED) is 0.227. The van der Waals surface area contributed by atoms with Crippen LogP contribution in [0.15, 0.2) is 42.5 Å². The molecule has 0 amide bonds. The van der Waals surface area contributed by atoms with Crippen LogP contribution in [0.1, 0.15) is 74.6 Å². The van der Waals surface area contributed by atoms with Crippen molar-refractivity contribution in [2.45, 2.75) is 80.6 Å². The van der Waals surface area contributed by atoms with Gasteiger partial charge in [-0.05, 0) is 83.9 Å². The van der Waals surface area contributed by atoms with E-state index in [0.717, 1.165) is 44.8 Å². The number of ether oxygens (including phenoxy) is 2. The average Bonchev–Trinajstić information content (AvgIpc) is 3.11. The van der Waals surface area contributed by atoms with Crippen molar-refractivity contribution in [3.8, 4) is 11.1 Å². The molecule has 208 valence electrons. The van der Waals surface area contributed by atoms with E-state index >= 15 is 0 Å². The van der Waals surface area contributed by atoms with E-state index in [-0.39, 0.29) is 0 Å². The number of methoxy groups -OCH3 is 1. The van der Waals surface area contributed by atoms with Crippen LogP contribution in [-0.2, 0) is 20.8 Å². The van der Waals surface area contributed by atoms with Gasteiger partial charge in [0.25, 0.3) is 0 Å². The predicted octanol–water partition coefficient (Wildman–Crippen LogP) is 8.09. The number of halogens is 1. The monoisotopic (exact) mass is 549 g/mol. The fourth-order valence-electron chi connectivity index (χ4n) is 4.76. The normalized spacial score (nSPS) is 12.2. The van der Waals surface area contributed by atoms with E-state index < -0.39 is 17.7 Å². The van der Waals surface area contributed by atoms with Gasteiger partial charge in [-0.3, -0.25) is 4.98 Å². The molecule has 7 heteroatoms. The lowest BCUT2D eigenvalue weighted by atomic mass is 9.91. The summed E-state index contributed by atoms with van der Waals surface area (Å²) in [6, 6.07) is 13.7. The molecule has 0 saturated carbocycles. The molecule has 3 aromatic heterocycles. The predicted molar refractivity (Wildman–Crippen MR) is 159 cm³/mol. The summed E-state index contributed by atoms with van der Waals surface area (Å²) < 4.78 is 13.7. The molecular weight excluding hydrogens is 510 g/mol. The zero-order valence-electron chi connectivity index (χ0n) is 24.8. The summed E-state index contributed by atoms with van der Waals surface area (Å²) in [5.41, 5.74) is 7.57. The summed E-state index contributed by atoms with van der Waals surface area (Å²) in [5.74, 6) is -0.466. The van der Waals surface area contributed by atoms with Crippen LogP contribution in [0.5, 0.6) is 0 Å². The second-order valence-electron chi connectivity index (χ2n) is 10.4. The van der Waals surface area contributed by atoms with E-state index in [0.29, 0.717) is 22.8 Å². The first-order chi connectivity index (χ1) is 18.4. The number of carbonyl (C=O) groups excluding carboxylic acids is 1. The number of carbonyl (C=O) groups is 1. The molecule has 0 aliphatic carbocycles. The zero-order chi connectivity index (χ0) is 29.1. The number of aromatic nitrogens is 3. The Hall–Kier alpha value is -3.22. The largest absolute Gasteiger partial charge is 0.467 e. The number of nitrogens with zero attached hydrogens (tertiary/aromatic N) is 3. The maximum Gasteiger partial charge on any atom is 0.339 e. The van der Waals surface area contributed by atoms with E-state index in [9.17, 15) is 4.79 Å². The molecule has 0 fully saturated rings. The highest BCUT2D eigenvalue weighted by Gasteiger charge is 2.34. The van der Waals surface area contributed by atoms with Crippen molar-refractivity contribution in [3.63, 3.8) is 0 Å². The van der Waals surface area contributed by atoms with Crippen LogP contribution in [0, 0.1) is 27.7 Å². The Bertz CT molecular complexity index is 1470. The van der Waals surface area contributed by atoms with Gasteiger partial charge in [-0.15, -0.1) is 0 Å². The van der Waals surface area contributed by atoms with Gasteiger partial charge in [-0.25, -0.2) is 9.78 Å². The first-order valence-electron chi connectivity index (χ1n) is 13.3. The number of hydrogen-bond donors (Lipinski definition) is 0. The van der Waals surface area contributed by atoms with Crippen LogP contribution in [0.4, 0.5) is 0 Å². The molecule has 0 aliphatic heterocycles. The minimum Gasteiger partial charge on any atom is -0.467 e. The fourth-order valence-corrected chi connectivity index (χ4v) is 4.89. The van der Waals surface area contributed by atoms with E-state index in [4.69, 9.17) is 31.0 Å². The maximum atomic E-state index is 13.1. The van der Waals surface area contributed by atoms with Gasteiger partial charge in [0.15, 0.2) is 6.10 Å². The van der Waals surface area contributed by atoms with Crippen molar-refractivity contribution >= 4 is 28.6 Å². The molecule has 1 atom stereocenters. The maximum absolute atomic E-state index is 13.1. The van der Waals surface area contributed by atoms with Gasteiger partial charge in [0, 0.05) is 38.6 Å². The Kier molecular flexibility index (Phi) is 9.57. The Labute approximate surface area is 237 Å². The third-order valence-electron chi connectivity index (χ3n) is 6.53. The topological polar surface area (TPSA) is 66.2 Å². The van der Waals surface area contributed by atoms with Crippen molar-refractivity contribution in [1.29, 1.82) is 0 Å². The lowest BCUT2D eigenvalue weighted by Gasteiger charge is -2.28. The van der Waals surface area contributed by atoms with Gasteiger partial charge in [0.2, 0.25) is 0 Å². The fraction of sp³-hybridized carbons (Fsp3) is 0.406. The molecule has 1 unspecified atom stereocenters. The highest BCUT2D eigenvalue weighted by Crippen LogP contribution is 2.42. The van der Waals surface area contributed by atoms with Crippen LogP contribution < -0.4 is 0 Å². The summed E-state index contributed by atoms with van der Waals surface area (Å²) in [4.78, 5) is 22.9. The molecule has 3 heterocycles. The molecule has 0 aliphatic rings. The average molecular weight is 550 g/mol. The van der Waals surface area contributed by atoms with Gasteiger partial charge in [0.05, 0.1) is 24.9 Å². The minimum atomic E-state index is -0.950. The summed E-state index contributed by atoms with van der Waals surface area (Å²) in [6.07, 6.45) is -0.950. The highest BCUT2D eigenvalue weighted by molar-refractivity contribution is 6.30. The number of rotatable bonds is 6.